The Morgan fingerprint density at radius 1 is 0.616 bits per heavy atom. The van der Waals surface area contributed by atoms with E-state index in [2.05, 4.69) is 78.6 Å². The first-order valence-corrected chi connectivity index (χ1v) is 25.8. The molecule has 8 rings (SSSR count). The van der Waals surface area contributed by atoms with Crippen LogP contribution in [0.3, 0.4) is 0 Å². The van der Waals surface area contributed by atoms with Gasteiger partial charge in [-0.05, 0) is 181 Å². The van der Waals surface area contributed by atoms with Gasteiger partial charge in [-0.1, -0.05) is 183 Å². The number of aromatic nitrogens is 3. The molecule has 8 aromatic rings. The molecule has 4 nitrogen and oxygen atoms in total. The molecule has 0 aliphatic rings. The van der Waals surface area contributed by atoms with Crippen LogP contribution < -0.4 is 0 Å². The number of fused-ring (bicyclic) bond motifs is 1. The molecule has 0 radical (unpaired) electrons. The molecule has 73 heavy (non-hydrogen) atoms. The number of imidazole rings is 1. The Morgan fingerprint density at radius 2 is 1.26 bits per heavy atom. The largest absolute Gasteiger partial charge is 0.507 e. The van der Waals surface area contributed by atoms with Crippen LogP contribution in [0.1, 0.15) is 213 Å². The first-order valence-electron chi connectivity index (χ1n) is 35.3. The number of phenolic OH excluding ortho intramolecular Hbond substituents is 1. The average molecular weight is 990 g/mol. The lowest BCUT2D eigenvalue weighted by Gasteiger charge is -2.36. The van der Waals surface area contributed by atoms with Crippen molar-refractivity contribution in [1.29, 1.82) is 0 Å². The van der Waals surface area contributed by atoms with E-state index >= 15 is 0 Å². The Hall–Kier alpha value is -6.26. The summed E-state index contributed by atoms with van der Waals surface area (Å²) in [6, 6.07) is 20.3. The van der Waals surface area contributed by atoms with Crippen molar-refractivity contribution in [2.24, 2.45) is 0 Å². The number of hydrogen-bond acceptors (Lipinski definition) is 3. The average Bonchev–Trinajstić information content (AvgIpc) is 0.775. The van der Waals surface area contributed by atoms with Crippen molar-refractivity contribution in [1.82, 2.24) is 14.5 Å². The van der Waals surface area contributed by atoms with Crippen molar-refractivity contribution in [3.05, 3.63) is 166 Å². The van der Waals surface area contributed by atoms with Crippen molar-refractivity contribution in [3.63, 3.8) is 0 Å². The van der Waals surface area contributed by atoms with E-state index in [1.54, 1.807) is 28.8 Å². The summed E-state index contributed by atoms with van der Waals surface area (Å²) in [5.41, 5.74) is 0.804. The van der Waals surface area contributed by atoms with E-state index < -0.39 is 97.4 Å². The molecule has 2 heterocycles. The van der Waals surface area contributed by atoms with Crippen LogP contribution in [-0.2, 0) is 21.7 Å². The summed E-state index contributed by atoms with van der Waals surface area (Å²) in [6.45, 7) is 12.6. The molecule has 0 aliphatic carbocycles. The van der Waals surface area contributed by atoms with Gasteiger partial charge in [0.1, 0.15) is 11.6 Å². The number of pyridine rings is 1. The van der Waals surface area contributed by atoms with Crippen LogP contribution in [0.5, 0.6) is 5.75 Å². The molecule has 4 heteroatoms. The van der Waals surface area contributed by atoms with Gasteiger partial charge in [-0.2, -0.15) is 0 Å². The maximum atomic E-state index is 12.6. The van der Waals surface area contributed by atoms with E-state index in [0.717, 1.165) is 53.5 Å². The van der Waals surface area contributed by atoms with Gasteiger partial charge < -0.3 is 5.11 Å². The number of rotatable bonds is 14. The molecular weight excluding hydrogens is 887 g/mol. The third-order valence-electron chi connectivity index (χ3n) is 15.6. The number of phenols is 1. The Morgan fingerprint density at radius 3 is 1.85 bits per heavy atom. The summed E-state index contributed by atoms with van der Waals surface area (Å²) in [4.78, 5) is 9.89. The van der Waals surface area contributed by atoms with E-state index in [0.29, 0.717) is 44.5 Å². The molecule has 0 amide bonds. The maximum Gasteiger partial charge on any atom is 0.149 e. The highest BCUT2D eigenvalue weighted by molar-refractivity contribution is 5.97. The fourth-order valence-corrected chi connectivity index (χ4v) is 9.96. The van der Waals surface area contributed by atoms with E-state index in [1.165, 1.54) is 0 Å². The summed E-state index contributed by atoms with van der Waals surface area (Å²) in [6.07, 6.45) is 2.61. The van der Waals surface area contributed by atoms with Gasteiger partial charge >= 0.3 is 0 Å². The number of nitrogens with zero attached hydrogens (tertiary/aromatic N) is 3. The minimum absolute atomic E-state index is 0.00453. The minimum atomic E-state index is -3.95. The zero-order chi connectivity index (χ0) is 69.0. The zero-order valence-corrected chi connectivity index (χ0v) is 44.9. The lowest BCUT2D eigenvalue weighted by molar-refractivity contribution is 0.426. The predicted octanol–water partition coefficient (Wildman–Crippen LogP) is 19.8. The molecule has 2 aromatic heterocycles. The van der Waals surface area contributed by atoms with E-state index in [4.69, 9.17) is 22.8 Å². The number of hydrogen-bond donors (Lipinski definition) is 1. The molecular formula is C69H83N3O. The Labute approximate surface area is 466 Å². The summed E-state index contributed by atoms with van der Waals surface area (Å²) in [5.74, 6) is 0.0728. The summed E-state index contributed by atoms with van der Waals surface area (Å²) in [7, 11) is 0. The predicted molar refractivity (Wildman–Crippen MR) is 314 cm³/mol. The highest BCUT2D eigenvalue weighted by Gasteiger charge is 2.33. The van der Waals surface area contributed by atoms with E-state index in [1.807, 2.05) is 77.1 Å². The molecule has 1 N–H and O–H groups in total. The second-order valence-electron chi connectivity index (χ2n) is 22.0. The fourth-order valence-electron chi connectivity index (χ4n) is 9.96. The van der Waals surface area contributed by atoms with Crippen molar-refractivity contribution in [2.75, 3.05) is 0 Å². The molecule has 0 spiro atoms. The standard InChI is InChI=1S/C69H83N3O/c1-18-68(16,19-2)57-25-23-26-58(69(17,20-3)21-4)62(57)48-30-33-60(45(9)36-48)72-61-27-22-24-54(63(61)71-65(72)56-41-49(43(5)6)40-55(44(7)8)64(56)73)50-37-51(39-53(38-50)67(13,14)15)59-42-47(34-35-70-59)46-28-31-52(32-29-46)66(10,11)12/h22-44,73H,18-21H2,1-17H3/i9D3,10D3,11D3,12D3,28D,29D,31D,32D,34D,35D,42D. The number of aromatic hydroxyl groups is 1. The van der Waals surface area contributed by atoms with Crippen LogP contribution in [0.15, 0.2) is 127 Å². The zero-order valence-electron chi connectivity index (χ0n) is 63.9. The smallest absolute Gasteiger partial charge is 0.149 e. The van der Waals surface area contributed by atoms with Crippen molar-refractivity contribution in [3.8, 4) is 67.5 Å². The molecule has 0 aliphatic heterocycles. The van der Waals surface area contributed by atoms with Crippen LogP contribution in [0, 0.1) is 6.85 Å². The quantitative estimate of drug-likeness (QED) is 0.118. The third kappa shape index (κ3) is 10.1. The highest BCUT2D eigenvalue weighted by atomic mass is 16.3. The van der Waals surface area contributed by atoms with Gasteiger partial charge in [-0.25, -0.2) is 4.98 Å². The Kier molecular flexibility index (Phi) is 9.29. The molecule has 0 atom stereocenters. The van der Waals surface area contributed by atoms with Gasteiger partial charge in [-0.15, -0.1) is 0 Å². The van der Waals surface area contributed by atoms with Crippen LogP contribution in [0.2, 0.25) is 0 Å². The van der Waals surface area contributed by atoms with Crippen molar-refractivity contribution in [2.45, 2.75) is 177 Å². The molecule has 6 aromatic carbocycles. The number of para-hydroxylation sites is 1. The van der Waals surface area contributed by atoms with Crippen LogP contribution in [-0.4, -0.2) is 19.6 Å². The monoisotopic (exact) mass is 989 g/mol. The molecule has 0 fully saturated rings. The Balaban J connectivity index is 1.49. The third-order valence-corrected chi connectivity index (χ3v) is 15.6. The topological polar surface area (TPSA) is 50.9 Å². The second-order valence-corrected chi connectivity index (χ2v) is 22.0. The molecule has 380 valence electrons. The van der Waals surface area contributed by atoms with Gasteiger partial charge in [0.25, 0.3) is 0 Å². The SMILES string of the molecule is [2H]c1nc(-c2cc(-c3cccc4c3nc(-c3cc(C(C)C)cc(C(C)C)c3O)n4-c3ccc(-c4c(C(C)(CC)CC)cccc4C(C)(CC)CC)cc3C([2H])([2H])[2H])cc(C(C)(C)C)c2)c([2H])c(-c2c([2H])c([2H])c(C(C([2H])([2H])[2H])(C([2H])([2H])[2H])C([2H])([2H])[2H])c([2H])c2[2H])c1[2H]. The van der Waals surface area contributed by atoms with Gasteiger partial charge in [0.15, 0.2) is 0 Å². The van der Waals surface area contributed by atoms with Gasteiger partial charge in [0.05, 0.1) is 37.6 Å². The highest BCUT2D eigenvalue weighted by Crippen LogP contribution is 2.48. The lowest BCUT2D eigenvalue weighted by Crippen LogP contribution is -2.25. The summed E-state index contributed by atoms with van der Waals surface area (Å²) < 4.78 is 169. The van der Waals surface area contributed by atoms with Crippen molar-refractivity contribution < 1.29 is 31.2 Å². The Bertz CT molecular complexity index is 4070. The van der Waals surface area contributed by atoms with Crippen LogP contribution in [0.25, 0.3) is 72.7 Å². The number of benzene rings is 6. The van der Waals surface area contributed by atoms with Gasteiger partial charge in [0, 0.05) is 33.7 Å². The summed E-state index contributed by atoms with van der Waals surface area (Å²) >= 11 is 0. The van der Waals surface area contributed by atoms with E-state index in [-0.39, 0.29) is 51.1 Å². The lowest BCUT2D eigenvalue weighted by atomic mass is 9.68. The molecule has 0 saturated carbocycles. The van der Waals surface area contributed by atoms with Crippen LogP contribution >= 0.6 is 0 Å². The molecule has 0 unspecified atom stereocenters. The van der Waals surface area contributed by atoms with Gasteiger partial charge in [0.2, 0.25) is 0 Å². The fraction of sp³-hybridized carbons (Fsp3) is 0.391. The van der Waals surface area contributed by atoms with Crippen molar-refractivity contribution >= 4 is 11.0 Å². The first kappa shape index (κ1) is 33.5. The molecule has 0 saturated heterocycles. The maximum absolute atomic E-state index is 12.6. The first-order chi connectivity index (χ1) is 42.3. The van der Waals surface area contributed by atoms with Gasteiger partial charge in [-0.3, -0.25) is 9.55 Å². The minimum Gasteiger partial charge on any atom is -0.507 e. The van der Waals surface area contributed by atoms with Crippen LogP contribution in [0.4, 0.5) is 0 Å². The van der Waals surface area contributed by atoms with E-state index in [9.17, 15) is 13.3 Å². The summed E-state index contributed by atoms with van der Waals surface area (Å²) in [5, 5.41) is 12.6. The normalized spacial score (nSPS) is 17.2. The number of aryl methyl sites for hydroxylation is 1. The molecule has 0 bridgehead atoms. The second kappa shape index (κ2) is 20.2.